The SMILES string of the molecule is CC(Nc1ncc(Br)cc1Br)c1nn[nH]n1. The summed E-state index contributed by atoms with van der Waals surface area (Å²) in [6, 6.07) is 1.85. The zero-order valence-corrected chi connectivity index (χ0v) is 11.4. The number of aromatic amines is 1. The van der Waals surface area contributed by atoms with Gasteiger partial charge in [0.25, 0.3) is 0 Å². The van der Waals surface area contributed by atoms with Crippen LogP contribution in [0.1, 0.15) is 18.8 Å². The number of H-pyrrole nitrogens is 1. The molecule has 2 aromatic rings. The van der Waals surface area contributed by atoms with Crippen LogP contribution in [0.25, 0.3) is 0 Å². The van der Waals surface area contributed by atoms with E-state index in [4.69, 9.17) is 0 Å². The van der Waals surface area contributed by atoms with Crippen LogP contribution in [0.3, 0.4) is 0 Å². The lowest BCUT2D eigenvalue weighted by atomic mass is 10.3. The van der Waals surface area contributed by atoms with Crippen LogP contribution in [0, 0.1) is 0 Å². The Morgan fingerprint density at radius 3 is 2.88 bits per heavy atom. The van der Waals surface area contributed by atoms with Gasteiger partial charge in [0.05, 0.1) is 10.5 Å². The van der Waals surface area contributed by atoms with Crippen LogP contribution in [0.2, 0.25) is 0 Å². The fraction of sp³-hybridized carbons (Fsp3) is 0.250. The van der Waals surface area contributed by atoms with Crippen molar-refractivity contribution in [3.05, 3.63) is 27.0 Å². The van der Waals surface area contributed by atoms with E-state index in [1.807, 2.05) is 13.0 Å². The number of pyridine rings is 1. The molecule has 1 unspecified atom stereocenters. The molecule has 1 atom stereocenters. The van der Waals surface area contributed by atoms with Crippen molar-refractivity contribution in [3.8, 4) is 0 Å². The first-order chi connectivity index (χ1) is 7.66. The summed E-state index contributed by atoms with van der Waals surface area (Å²) in [7, 11) is 0. The third-order valence-corrected chi connectivity index (χ3v) is 2.95. The van der Waals surface area contributed by atoms with Crippen LogP contribution in [0.15, 0.2) is 21.2 Å². The van der Waals surface area contributed by atoms with Gasteiger partial charge in [-0.2, -0.15) is 5.21 Å². The molecule has 6 nitrogen and oxygen atoms in total. The maximum atomic E-state index is 4.24. The number of rotatable bonds is 3. The lowest BCUT2D eigenvalue weighted by molar-refractivity contribution is 0.787. The summed E-state index contributed by atoms with van der Waals surface area (Å²) in [5.41, 5.74) is 0. The Balaban J connectivity index is 2.15. The second-order valence-electron chi connectivity index (χ2n) is 3.12. The molecule has 0 aliphatic heterocycles. The van der Waals surface area contributed by atoms with Crippen molar-refractivity contribution >= 4 is 37.7 Å². The Morgan fingerprint density at radius 2 is 2.25 bits per heavy atom. The lowest BCUT2D eigenvalue weighted by Crippen LogP contribution is -2.10. The van der Waals surface area contributed by atoms with E-state index in [0.29, 0.717) is 5.82 Å². The molecular formula is C8H8Br2N6. The molecule has 0 saturated carbocycles. The molecule has 2 aromatic heterocycles. The first kappa shape index (κ1) is 11.5. The number of nitrogens with one attached hydrogen (secondary N) is 2. The van der Waals surface area contributed by atoms with Gasteiger partial charge in [-0.1, -0.05) is 5.21 Å². The van der Waals surface area contributed by atoms with Crippen LogP contribution in [0.4, 0.5) is 5.82 Å². The maximum absolute atomic E-state index is 4.24. The quantitative estimate of drug-likeness (QED) is 0.890. The molecule has 0 aromatic carbocycles. The van der Waals surface area contributed by atoms with Crippen LogP contribution < -0.4 is 5.32 Å². The van der Waals surface area contributed by atoms with Gasteiger partial charge < -0.3 is 5.32 Å². The molecule has 84 valence electrons. The highest BCUT2D eigenvalue weighted by molar-refractivity contribution is 9.11. The molecule has 0 aliphatic rings. The molecule has 0 amide bonds. The van der Waals surface area contributed by atoms with E-state index >= 15 is 0 Å². The Labute approximate surface area is 108 Å². The number of tetrazole rings is 1. The van der Waals surface area contributed by atoms with Crippen LogP contribution in [0.5, 0.6) is 0 Å². The summed E-state index contributed by atoms with van der Waals surface area (Å²) in [5.74, 6) is 1.33. The van der Waals surface area contributed by atoms with Crippen molar-refractivity contribution in [2.24, 2.45) is 0 Å². The van der Waals surface area contributed by atoms with E-state index in [2.05, 4.69) is 62.8 Å². The third-order valence-electron chi connectivity index (χ3n) is 1.91. The highest BCUT2D eigenvalue weighted by atomic mass is 79.9. The molecule has 0 spiro atoms. The van der Waals surface area contributed by atoms with Gasteiger partial charge in [-0.05, 0) is 44.8 Å². The van der Waals surface area contributed by atoms with Crippen LogP contribution in [-0.4, -0.2) is 25.6 Å². The Kier molecular flexibility index (Phi) is 3.49. The molecule has 2 rings (SSSR count). The molecule has 0 bridgehead atoms. The van der Waals surface area contributed by atoms with Crippen molar-refractivity contribution in [1.82, 2.24) is 25.6 Å². The predicted molar refractivity (Wildman–Crippen MR) is 65.9 cm³/mol. The second-order valence-corrected chi connectivity index (χ2v) is 4.89. The summed E-state index contributed by atoms with van der Waals surface area (Å²) in [6.45, 7) is 1.93. The number of aromatic nitrogens is 5. The standard InChI is InChI=1S/C8H8Br2N6/c1-4(7-13-15-16-14-7)12-8-6(10)2-5(9)3-11-8/h2-4H,1H3,(H,11,12)(H,13,14,15,16). The molecule has 0 radical (unpaired) electrons. The lowest BCUT2D eigenvalue weighted by Gasteiger charge is -2.11. The first-order valence-electron chi connectivity index (χ1n) is 4.47. The first-order valence-corrected chi connectivity index (χ1v) is 6.06. The van der Waals surface area contributed by atoms with Gasteiger partial charge in [-0.25, -0.2) is 4.98 Å². The highest BCUT2D eigenvalue weighted by Crippen LogP contribution is 2.25. The van der Waals surface area contributed by atoms with Crippen molar-refractivity contribution in [3.63, 3.8) is 0 Å². The third kappa shape index (κ3) is 2.56. The maximum Gasteiger partial charge on any atom is 0.196 e. The zero-order valence-electron chi connectivity index (χ0n) is 8.28. The molecule has 2 heterocycles. The molecular weight excluding hydrogens is 340 g/mol. The number of nitrogens with zero attached hydrogens (tertiary/aromatic N) is 4. The highest BCUT2D eigenvalue weighted by Gasteiger charge is 2.12. The number of halogens is 2. The van der Waals surface area contributed by atoms with Gasteiger partial charge in [0.1, 0.15) is 5.82 Å². The molecule has 0 saturated heterocycles. The largest absolute Gasteiger partial charge is 0.359 e. The fourth-order valence-electron chi connectivity index (χ4n) is 1.14. The minimum atomic E-state index is -0.0660. The zero-order chi connectivity index (χ0) is 11.5. The molecule has 0 aliphatic carbocycles. The molecule has 16 heavy (non-hydrogen) atoms. The van der Waals surface area contributed by atoms with E-state index in [-0.39, 0.29) is 6.04 Å². The molecule has 2 N–H and O–H groups in total. The monoisotopic (exact) mass is 346 g/mol. The fourth-order valence-corrected chi connectivity index (χ4v) is 2.25. The summed E-state index contributed by atoms with van der Waals surface area (Å²) in [4.78, 5) is 4.24. The van der Waals surface area contributed by atoms with Gasteiger partial charge >= 0.3 is 0 Å². The number of anilines is 1. The molecule has 0 fully saturated rings. The average molecular weight is 348 g/mol. The van der Waals surface area contributed by atoms with Gasteiger partial charge in [0.2, 0.25) is 0 Å². The van der Waals surface area contributed by atoms with Crippen molar-refractivity contribution in [1.29, 1.82) is 0 Å². The smallest absolute Gasteiger partial charge is 0.196 e. The van der Waals surface area contributed by atoms with Gasteiger partial charge in [-0.3, -0.25) is 0 Å². The van der Waals surface area contributed by atoms with Crippen LogP contribution >= 0.6 is 31.9 Å². The topological polar surface area (TPSA) is 79.4 Å². The normalized spacial score (nSPS) is 12.4. The minimum Gasteiger partial charge on any atom is -0.359 e. The Bertz CT molecular complexity index is 471. The number of hydrogen-bond acceptors (Lipinski definition) is 5. The van der Waals surface area contributed by atoms with E-state index in [1.54, 1.807) is 6.20 Å². The minimum absolute atomic E-state index is 0.0660. The van der Waals surface area contributed by atoms with E-state index in [9.17, 15) is 0 Å². The predicted octanol–water partition coefficient (Wildman–Crippen LogP) is 2.29. The van der Waals surface area contributed by atoms with E-state index in [0.717, 1.165) is 14.8 Å². The van der Waals surface area contributed by atoms with Gasteiger partial charge in [0, 0.05) is 10.7 Å². The van der Waals surface area contributed by atoms with Gasteiger partial charge in [0.15, 0.2) is 5.82 Å². The van der Waals surface area contributed by atoms with E-state index < -0.39 is 0 Å². The summed E-state index contributed by atoms with van der Waals surface area (Å²) in [6.07, 6.45) is 1.72. The summed E-state index contributed by atoms with van der Waals surface area (Å²) >= 11 is 6.76. The van der Waals surface area contributed by atoms with E-state index in [1.165, 1.54) is 0 Å². The summed E-state index contributed by atoms with van der Waals surface area (Å²) in [5, 5.41) is 16.9. The molecule has 8 heteroatoms. The van der Waals surface area contributed by atoms with Crippen molar-refractivity contribution in [2.75, 3.05) is 5.32 Å². The number of hydrogen-bond donors (Lipinski definition) is 2. The Morgan fingerprint density at radius 1 is 1.44 bits per heavy atom. The Hall–Kier alpha value is -1.02. The van der Waals surface area contributed by atoms with Gasteiger partial charge in [-0.15, -0.1) is 10.2 Å². The van der Waals surface area contributed by atoms with Crippen molar-refractivity contribution < 1.29 is 0 Å². The summed E-state index contributed by atoms with van der Waals surface area (Å²) < 4.78 is 1.79. The van der Waals surface area contributed by atoms with Crippen molar-refractivity contribution in [2.45, 2.75) is 13.0 Å². The second kappa shape index (κ2) is 4.88. The van der Waals surface area contributed by atoms with Crippen LogP contribution in [-0.2, 0) is 0 Å². The average Bonchev–Trinajstić information content (AvgIpc) is 2.75.